The number of carbonyl (C=O) groups excluding carboxylic acids is 1. The zero-order valence-corrected chi connectivity index (χ0v) is 16.3. The van der Waals surface area contributed by atoms with Crippen molar-refractivity contribution in [2.24, 2.45) is 5.10 Å². The van der Waals surface area contributed by atoms with Crippen molar-refractivity contribution in [3.05, 3.63) is 63.5 Å². The van der Waals surface area contributed by atoms with Gasteiger partial charge in [0.25, 0.3) is 0 Å². The van der Waals surface area contributed by atoms with Crippen LogP contribution in [-0.4, -0.2) is 22.9 Å². The Morgan fingerprint density at radius 1 is 1.04 bits per heavy atom. The molecule has 0 radical (unpaired) electrons. The fourth-order valence-electron chi connectivity index (χ4n) is 2.70. The van der Waals surface area contributed by atoms with Gasteiger partial charge >= 0.3 is 0 Å². The van der Waals surface area contributed by atoms with E-state index < -0.39 is 0 Å². The Bertz CT molecular complexity index is 756. The van der Waals surface area contributed by atoms with Crippen molar-refractivity contribution in [1.29, 1.82) is 0 Å². The maximum atomic E-state index is 11.9. The second-order valence-corrected chi connectivity index (χ2v) is 7.16. The fraction of sp³-hybridized carbons (Fsp3) is 0.350. The second-order valence-electron chi connectivity index (χ2n) is 6.17. The average Bonchev–Trinajstić information content (AvgIpc) is 2.62. The molecular formula is C20H25N3OS. The molecule has 0 unspecified atom stereocenters. The Morgan fingerprint density at radius 2 is 1.60 bits per heavy atom. The van der Waals surface area contributed by atoms with Gasteiger partial charge in [0.1, 0.15) is 0 Å². The number of thioether (sulfide) groups is 1. The normalized spacial score (nSPS) is 11.1. The van der Waals surface area contributed by atoms with E-state index >= 15 is 0 Å². The third-order valence-corrected chi connectivity index (χ3v) is 5.70. The molecule has 0 atom stereocenters. The third kappa shape index (κ3) is 4.92. The van der Waals surface area contributed by atoms with Crippen molar-refractivity contribution in [3.63, 3.8) is 0 Å². The van der Waals surface area contributed by atoms with Crippen molar-refractivity contribution in [1.82, 2.24) is 10.4 Å². The lowest BCUT2D eigenvalue weighted by Crippen LogP contribution is -2.19. The molecule has 132 valence electrons. The molecule has 5 heteroatoms. The highest BCUT2D eigenvalue weighted by molar-refractivity contribution is 7.99. The summed E-state index contributed by atoms with van der Waals surface area (Å²) in [7, 11) is 0. The van der Waals surface area contributed by atoms with Crippen LogP contribution in [0.2, 0.25) is 0 Å². The molecule has 1 N–H and O–H groups in total. The molecule has 1 heterocycles. The van der Waals surface area contributed by atoms with Gasteiger partial charge in [-0.1, -0.05) is 0 Å². The summed E-state index contributed by atoms with van der Waals surface area (Å²) in [6.07, 6.45) is 5.00. The Labute approximate surface area is 154 Å². The van der Waals surface area contributed by atoms with Crippen LogP contribution >= 0.6 is 11.8 Å². The number of nitrogens with one attached hydrogen (secondary N) is 1. The number of hydrogen-bond donors (Lipinski definition) is 1. The first-order valence-corrected chi connectivity index (χ1v) is 9.42. The van der Waals surface area contributed by atoms with Crippen molar-refractivity contribution in [2.45, 2.75) is 40.4 Å². The first kappa shape index (κ1) is 19.2. The molecule has 0 aliphatic rings. The van der Waals surface area contributed by atoms with E-state index in [1.165, 1.54) is 33.4 Å². The van der Waals surface area contributed by atoms with Gasteiger partial charge in [-0.05, 0) is 85.7 Å². The standard InChI is InChI=1S/C20H25N3OS/c1-13-14(2)16(4)19(17(5)15(13)3)11-25-12-20(24)23-22-10-18-6-8-21-9-7-18/h6-10H,11-12H2,1-5H3,(H,23,24). The number of benzene rings is 1. The minimum atomic E-state index is -0.0915. The van der Waals surface area contributed by atoms with Crippen LogP contribution in [0.4, 0.5) is 0 Å². The molecule has 0 saturated carbocycles. The predicted molar refractivity (Wildman–Crippen MR) is 106 cm³/mol. The average molecular weight is 356 g/mol. The van der Waals surface area contributed by atoms with E-state index in [2.05, 4.69) is 50.1 Å². The lowest BCUT2D eigenvalue weighted by Gasteiger charge is -2.18. The SMILES string of the molecule is Cc1c(C)c(C)c(CSCC(=O)NN=Cc2ccncc2)c(C)c1C. The highest BCUT2D eigenvalue weighted by Crippen LogP contribution is 2.28. The molecule has 25 heavy (non-hydrogen) atoms. The van der Waals surface area contributed by atoms with Gasteiger partial charge in [-0.15, -0.1) is 11.8 Å². The summed E-state index contributed by atoms with van der Waals surface area (Å²) in [5.41, 5.74) is 11.6. The van der Waals surface area contributed by atoms with E-state index in [0.717, 1.165) is 11.3 Å². The number of rotatable bonds is 6. The first-order chi connectivity index (χ1) is 11.9. The molecule has 0 spiro atoms. The highest BCUT2D eigenvalue weighted by atomic mass is 32.2. The van der Waals surface area contributed by atoms with Crippen LogP contribution in [0.15, 0.2) is 29.6 Å². The highest BCUT2D eigenvalue weighted by Gasteiger charge is 2.12. The smallest absolute Gasteiger partial charge is 0.250 e. The van der Waals surface area contributed by atoms with E-state index in [9.17, 15) is 4.79 Å². The molecule has 1 aromatic heterocycles. The molecule has 0 saturated heterocycles. The number of pyridine rings is 1. The number of amides is 1. The van der Waals surface area contributed by atoms with Crippen LogP contribution in [0, 0.1) is 34.6 Å². The number of aromatic nitrogens is 1. The van der Waals surface area contributed by atoms with Gasteiger partial charge in [-0.2, -0.15) is 5.10 Å². The van der Waals surface area contributed by atoms with E-state index in [0.29, 0.717) is 5.75 Å². The lowest BCUT2D eigenvalue weighted by atomic mass is 9.90. The summed E-state index contributed by atoms with van der Waals surface area (Å²) in [6, 6.07) is 3.66. The summed E-state index contributed by atoms with van der Waals surface area (Å²) in [5.74, 6) is 1.13. The number of nitrogens with zero attached hydrogens (tertiary/aromatic N) is 2. The summed E-state index contributed by atoms with van der Waals surface area (Å²) >= 11 is 1.62. The molecule has 2 rings (SSSR count). The maximum absolute atomic E-state index is 11.9. The van der Waals surface area contributed by atoms with Crippen molar-refractivity contribution < 1.29 is 4.79 Å². The molecule has 1 amide bonds. The van der Waals surface area contributed by atoms with E-state index in [4.69, 9.17) is 0 Å². The minimum absolute atomic E-state index is 0.0915. The summed E-state index contributed by atoms with van der Waals surface area (Å²) in [5, 5.41) is 3.98. The Kier molecular flexibility index (Phi) is 6.76. The predicted octanol–water partition coefficient (Wildman–Crippen LogP) is 4.01. The van der Waals surface area contributed by atoms with Gasteiger partial charge in [0.2, 0.25) is 5.91 Å². The molecule has 4 nitrogen and oxygen atoms in total. The molecule has 0 fully saturated rings. The van der Waals surface area contributed by atoms with Gasteiger partial charge < -0.3 is 0 Å². The summed E-state index contributed by atoms with van der Waals surface area (Å²) < 4.78 is 0. The van der Waals surface area contributed by atoms with Crippen molar-refractivity contribution in [3.8, 4) is 0 Å². The molecule has 2 aromatic rings. The van der Waals surface area contributed by atoms with Gasteiger partial charge in [0, 0.05) is 18.1 Å². The van der Waals surface area contributed by atoms with Gasteiger partial charge in [0.15, 0.2) is 0 Å². The Balaban J connectivity index is 1.89. The van der Waals surface area contributed by atoms with Crippen molar-refractivity contribution >= 4 is 23.9 Å². The molecule has 0 aliphatic heterocycles. The van der Waals surface area contributed by atoms with E-state index in [1.807, 2.05) is 12.1 Å². The third-order valence-electron chi connectivity index (χ3n) is 4.74. The van der Waals surface area contributed by atoms with E-state index in [-0.39, 0.29) is 5.91 Å². The van der Waals surface area contributed by atoms with E-state index in [1.54, 1.807) is 30.4 Å². The van der Waals surface area contributed by atoms with Crippen LogP contribution in [0.1, 0.15) is 38.9 Å². The maximum Gasteiger partial charge on any atom is 0.250 e. The van der Waals surface area contributed by atoms with Crippen LogP contribution in [0.3, 0.4) is 0 Å². The Morgan fingerprint density at radius 3 is 2.20 bits per heavy atom. The van der Waals surface area contributed by atoms with Gasteiger partial charge in [0.05, 0.1) is 12.0 Å². The first-order valence-electron chi connectivity index (χ1n) is 8.27. The van der Waals surface area contributed by atoms with Crippen LogP contribution in [0.25, 0.3) is 0 Å². The number of carbonyl (C=O) groups is 1. The van der Waals surface area contributed by atoms with Crippen LogP contribution < -0.4 is 5.43 Å². The fourth-order valence-corrected chi connectivity index (χ4v) is 3.69. The molecule has 1 aromatic carbocycles. The monoisotopic (exact) mass is 355 g/mol. The van der Waals surface area contributed by atoms with Crippen LogP contribution in [-0.2, 0) is 10.5 Å². The zero-order valence-electron chi connectivity index (χ0n) is 15.5. The largest absolute Gasteiger partial charge is 0.272 e. The number of hydrogen-bond acceptors (Lipinski definition) is 4. The molecular weight excluding hydrogens is 330 g/mol. The second kappa shape index (κ2) is 8.81. The minimum Gasteiger partial charge on any atom is -0.272 e. The van der Waals surface area contributed by atoms with Gasteiger partial charge in [-0.25, -0.2) is 5.43 Å². The Hall–Kier alpha value is -2.14. The topological polar surface area (TPSA) is 54.4 Å². The number of hydrazone groups is 1. The van der Waals surface area contributed by atoms with Crippen molar-refractivity contribution in [2.75, 3.05) is 5.75 Å². The molecule has 0 bridgehead atoms. The quantitative estimate of drug-likeness (QED) is 0.629. The van der Waals surface area contributed by atoms with Gasteiger partial charge in [-0.3, -0.25) is 9.78 Å². The zero-order chi connectivity index (χ0) is 18.4. The summed E-state index contributed by atoms with van der Waals surface area (Å²) in [6.45, 7) is 10.9. The lowest BCUT2D eigenvalue weighted by molar-refractivity contribution is -0.118. The molecule has 0 aliphatic carbocycles. The summed E-state index contributed by atoms with van der Waals surface area (Å²) in [4.78, 5) is 15.9. The van der Waals surface area contributed by atoms with Crippen LogP contribution in [0.5, 0.6) is 0 Å².